The summed E-state index contributed by atoms with van der Waals surface area (Å²) in [5.41, 5.74) is 1.45. The molecule has 1 aliphatic heterocycles. The van der Waals surface area contributed by atoms with Gasteiger partial charge in [-0.2, -0.15) is 5.26 Å². The lowest BCUT2D eigenvalue weighted by molar-refractivity contribution is -0.132. The molecule has 0 aromatic heterocycles. The first-order chi connectivity index (χ1) is 13.8. The van der Waals surface area contributed by atoms with Gasteiger partial charge in [0.1, 0.15) is 24.0 Å². The Morgan fingerprint density at radius 2 is 1.83 bits per heavy atom. The van der Waals surface area contributed by atoms with Crippen molar-refractivity contribution in [1.82, 2.24) is 10.2 Å². The van der Waals surface area contributed by atoms with Crippen LogP contribution in [0.3, 0.4) is 0 Å². The molecule has 3 rings (SSSR count). The summed E-state index contributed by atoms with van der Waals surface area (Å²) in [6.45, 7) is 3.36. The Bertz CT molecular complexity index is 934. The highest BCUT2D eigenvalue weighted by Crippen LogP contribution is 2.29. The van der Waals surface area contributed by atoms with E-state index in [0.717, 1.165) is 16.0 Å². The van der Waals surface area contributed by atoms with Crippen molar-refractivity contribution in [3.63, 3.8) is 0 Å². The SMILES string of the molecule is Cc1ccc(C2(C)NC(=O)N(CC(O)COc3ccc(CC#N)cc3)C2=O)cc1. The predicted octanol–water partition coefficient (Wildman–Crippen LogP) is 2.27. The second-order valence-electron chi connectivity index (χ2n) is 7.28. The zero-order chi connectivity index (χ0) is 21.0. The van der Waals surface area contributed by atoms with E-state index in [9.17, 15) is 14.7 Å². The van der Waals surface area contributed by atoms with Gasteiger partial charge in [0.2, 0.25) is 0 Å². The normalized spacial score (nSPS) is 19.6. The van der Waals surface area contributed by atoms with Gasteiger partial charge in [-0.3, -0.25) is 9.69 Å². The van der Waals surface area contributed by atoms with Crippen molar-refractivity contribution in [3.05, 3.63) is 65.2 Å². The highest BCUT2D eigenvalue weighted by molar-refractivity contribution is 6.07. The number of carbonyl (C=O) groups is 2. The van der Waals surface area contributed by atoms with Gasteiger partial charge in [0.25, 0.3) is 5.91 Å². The second-order valence-corrected chi connectivity index (χ2v) is 7.28. The molecule has 7 heteroatoms. The fourth-order valence-electron chi connectivity index (χ4n) is 3.20. The van der Waals surface area contributed by atoms with Gasteiger partial charge < -0.3 is 15.2 Å². The van der Waals surface area contributed by atoms with Crippen molar-refractivity contribution in [2.45, 2.75) is 31.9 Å². The minimum atomic E-state index is -1.16. The summed E-state index contributed by atoms with van der Waals surface area (Å²) in [7, 11) is 0. The smallest absolute Gasteiger partial charge is 0.325 e. The molecule has 29 heavy (non-hydrogen) atoms. The van der Waals surface area contributed by atoms with E-state index >= 15 is 0 Å². The van der Waals surface area contributed by atoms with E-state index < -0.39 is 23.6 Å². The summed E-state index contributed by atoms with van der Waals surface area (Å²) in [6.07, 6.45) is -0.724. The number of imide groups is 1. The van der Waals surface area contributed by atoms with Gasteiger partial charge in [0.05, 0.1) is 19.0 Å². The Kier molecular flexibility index (Phi) is 5.85. The van der Waals surface area contributed by atoms with Crippen LogP contribution in [0.1, 0.15) is 23.6 Å². The molecular weight excluding hydrogens is 370 g/mol. The molecular formula is C22H23N3O4. The lowest BCUT2D eigenvalue weighted by atomic mass is 9.91. The molecule has 3 amide bonds. The van der Waals surface area contributed by atoms with E-state index in [1.165, 1.54) is 0 Å². The molecule has 2 aromatic rings. The summed E-state index contributed by atoms with van der Waals surface area (Å²) < 4.78 is 5.53. The van der Waals surface area contributed by atoms with Crippen molar-refractivity contribution in [2.24, 2.45) is 0 Å². The molecule has 1 fully saturated rings. The fourth-order valence-corrected chi connectivity index (χ4v) is 3.20. The monoisotopic (exact) mass is 393 g/mol. The second kappa shape index (κ2) is 8.33. The summed E-state index contributed by atoms with van der Waals surface area (Å²) in [4.78, 5) is 26.3. The number of carbonyl (C=O) groups excluding carboxylic acids is 2. The summed E-state index contributed by atoms with van der Waals surface area (Å²) >= 11 is 0. The van der Waals surface area contributed by atoms with Crippen molar-refractivity contribution < 1.29 is 19.4 Å². The Balaban J connectivity index is 1.60. The standard InChI is InChI=1S/C22H23N3O4/c1-15-3-7-17(8-4-15)22(2)20(27)25(21(28)24-22)13-18(26)14-29-19-9-5-16(6-10-19)11-12-23/h3-10,18,26H,11,13-14H2,1-2H3,(H,24,28). The average molecular weight is 393 g/mol. The van der Waals surface area contributed by atoms with Crippen molar-refractivity contribution >= 4 is 11.9 Å². The number of aryl methyl sites for hydroxylation is 1. The molecule has 1 aliphatic rings. The maximum atomic E-state index is 12.9. The van der Waals surface area contributed by atoms with Crippen LogP contribution in [-0.4, -0.2) is 41.2 Å². The third kappa shape index (κ3) is 4.39. The third-order valence-electron chi connectivity index (χ3n) is 4.95. The third-order valence-corrected chi connectivity index (χ3v) is 4.95. The molecule has 1 heterocycles. The molecule has 1 saturated heterocycles. The molecule has 2 aromatic carbocycles. The summed E-state index contributed by atoms with van der Waals surface area (Å²) in [6, 6.07) is 15.9. The Morgan fingerprint density at radius 1 is 1.17 bits per heavy atom. The van der Waals surface area contributed by atoms with E-state index in [0.29, 0.717) is 17.7 Å². The highest BCUT2D eigenvalue weighted by Gasteiger charge is 2.49. The molecule has 2 unspecified atom stereocenters. The number of aliphatic hydroxyl groups excluding tert-OH is 1. The first-order valence-electron chi connectivity index (χ1n) is 9.31. The van der Waals surface area contributed by atoms with Crippen LogP contribution >= 0.6 is 0 Å². The number of ether oxygens (including phenoxy) is 1. The van der Waals surface area contributed by atoms with Crippen LogP contribution in [0.2, 0.25) is 0 Å². The Hall–Kier alpha value is -3.37. The number of nitriles is 1. The molecule has 7 nitrogen and oxygen atoms in total. The number of urea groups is 1. The summed E-state index contributed by atoms with van der Waals surface area (Å²) in [5, 5.41) is 21.7. The van der Waals surface area contributed by atoms with Crippen molar-refractivity contribution in [2.75, 3.05) is 13.2 Å². The van der Waals surface area contributed by atoms with Gasteiger partial charge in [-0.15, -0.1) is 0 Å². The predicted molar refractivity (Wildman–Crippen MR) is 106 cm³/mol. The van der Waals surface area contributed by atoms with Crippen LogP contribution in [0.4, 0.5) is 4.79 Å². The van der Waals surface area contributed by atoms with Gasteiger partial charge in [-0.05, 0) is 37.1 Å². The molecule has 0 aliphatic carbocycles. The first kappa shape index (κ1) is 20.4. The van der Waals surface area contributed by atoms with Gasteiger partial charge in [0, 0.05) is 0 Å². The van der Waals surface area contributed by atoms with E-state index in [4.69, 9.17) is 10.00 Å². The van der Waals surface area contributed by atoms with Crippen molar-refractivity contribution in [1.29, 1.82) is 5.26 Å². The maximum Gasteiger partial charge on any atom is 0.325 e. The first-order valence-corrected chi connectivity index (χ1v) is 9.31. The molecule has 0 bridgehead atoms. The Labute approximate surface area is 169 Å². The van der Waals surface area contributed by atoms with Crippen LogP contribution in [0.5, 0.6) is 5.75 Å². The van der Waals surface area contributed by atoms with E-state index in [2.05, 4.69) is 11.4 Å². The Morgan fingerprint density at radius 3 is 2.45 bits per heavy atom. The number of hydrogen-bond donors (Lipinski definition) is 2. The average Bonchev–Trinajstić information content (AvgIpc) is 2.92. The van der Waals surface area contributed by atoms with Gasteiger partial charge in [-0.25, -0.2) is 4.79 Å². The largest absolute Gasteiger partial charge is 0.491 e. The fraction of sp³-hybridized carbons (Fsp3) is 0.318. The molecule has 0 spiro atoms. The number of nitrogens with one attached hydrogen (secondary N) is 1. The molecule has 2 N–H and O–H groups in total. The number of nitrogens with zero attached hydrogens (tertiary/aromatic N) is 2. The van der Waals surface area contributed by atoms with Crippen LogP contribution in [0.25, 0.3) is 0 Å². The zero-order valence-electron chi connectivity index (χ0n) is 16.4. The zero-order valence-corrected chi connectivity index (χ0v) is 16.4. The van der Waals surface area contributed by atoms with Gasteiger partial charge in [-0.1, -0.05) is 42.0 Å². The number of rotatable bonds is 7. The van der Waals surface area contributed by atoms with Crippen LogP contribution in [0, 0.1) is 18.3 Å². The molecule has 0 saturated carbocycles. The van der Waals surface area contributed by atoms with Gasteiger partial charge >= 0.3 is 6.03 Å². The van der Waals surface area contributed by atoms with E-state index in [-0.39, 0.29) is 13.2 Å². The quantitative estimate of drug-likeness (QED) is 0.703. The minimum Gasteiger partial charge on any atom is -0.491 e. The minimum absolute atomic E-state index is 0.0735. The lowest BCUT2D eigenvalue weighted by Crippen LogP contribution is -2.42. The highest BCUT2D eigenvalue weighted by atomic mass is 16.5. The van der Waals surface area contributed by atoms with E-state index in [1.54, 1.807) is 31.2 Å². The number of amides is 3. The van der Waals surface area contributed by atoms with Crippen LogP contribution in [-0.2, 0) is 16.8 Å². The lowest BCUT2D eigenvalue weighted by Gasteiger charge is -2.23. The number of hydrogen-bond acceptors (Lipinski definition) is 5. The van der Waals surface area contributed by atoms with Crippen molar-refractivity contribution in [3.8, 4) is 11.8 Å². The summed E-state index contributed by atoms with van der Waals surface area (Å²) in [5.74, 6) is 0.124. The van der Waals surface area contributed by atoms with E-state index in [1.807, 2.05) is 31.2 Å². The maximum absolute atomic E-state index is 12.9. The molecule has 2 atom stereocenters. The number of aliphatic hydroxyl groups is 1. The molecule has 0 radical (unpaired) electrons. The molecule has 150 valence electrons. The van der Waals surface area contributed by atoms with Crippen LogP contribution < -0.4 is 10.1 Å². The topological polar surface area (TPSA) is 103 Å². The number of benzene rings is 2. The number of β-amino-alcohol motifs (C(OH)–C–C–N with tert-alkyl or cyclic N) is 1. The van der Waals surface area contributed by atoms with Crippen LogP contribution in [0.15, 0.2) is 48.5 Å². The van der Waals surface area contributed by atoms with Gasteiger partial charge in [0.15, 0.2) is 0 Å².